The highest BCUT2D eigenvalue weighted by Crippen LogP contribution is 2.26. The lowest BCUT2D eigenvalue weighted by Gasteiger charge is -2.19. The summed E-state index contributed by atoms with van der Waals surface area (Å²) in [6.45, 7) is 3.79. The van der Waals surface area contributed by atoms with Crippen molar-refractivity contribution < 1.29 is 4.79 Å². The van der Waals surface area contributed by atoms with E-state index in [1.807, 2.05) is 19.9 Å². The second-order valence-corrected chi connectivity index (χ2v) is 5.90. The number of hydrogen-bond donors (Lipinski definition) is 2. The first-order valence-electron chi connectivity index (χ1n) is 6.48. The second-order valence-electron chi connectivity index (χ2n) is 5.06. The van der Waals surface area contributed by atoms with E-state index in [2.05, 4.69) is 10.6 Å². The van der Waals surface area contributed by atoms with Gasteiger partial charge in [0.1, 0.15) is 0 Å². The fraction of sp³-hybridized carbons (Fsp3) is 0.500. The van der Waals surface area contributed by atoms with Crippen molar-refractivity contribution >= 4 is 29.1 Å². The lowest BCUT2D eigenvalue weighted by atomic mass is 10.1. The molecular formula is C14H18Cl2N2O. The molecule has 2 atom stereocenters. The van der Waals surface area contributed by atoms with Crippen LogP contribution in [-0.4, -0.2) is 18.0 Å². The molecule has 2 unspecified atom stereocenters. The van der Waals surface area contributed by atoms with E-state index in [-0.39, 0.29) is 18.0 Å². The molecule has 0 radical (unpaired) electrons. The SMILES string of the molecule is CC(NC1CC1)C(=O)NC(C)c1ccc(Cl)cc1Cl. The molecule has 0 spiro atoms. The Morgan fingerprint density at radius 2 is 2.00 bits per heavy atom. The topological polar surface area (TPSA) is 41.1 Å². The fourth-order valence-electron chi connectivity index (χ4n) is 1.95. The summed E-state index contributed by atoms with van der Waals surface area (Å²) >= 11 is 12.0. The third kappa shape index (κ3) is 4.10. The Kier molecular flexibility index (Phi) is 4.71. The lowest BCUT2D eigenvalue weighted by Crippen LogP contribution is -2.43. The molecule has 104 valence electrons. The number of amides is 1. The van der Waals surface area contributed by atoms with Crippen LogP contribution in [0.5, 0.6) is 0 Å². The summed E-state index contributed by atoms with van der Waals surface area (Å²) in [5.41, 5.74) is 0.873. The molecule has 1 amide bonds. The molecule has 1 aromatic rings. The van der Waals surface area contributed by atoms with Gasteiger partial charge in [0.15, 0.2) is 0 Å². The van der Waals surface area contributed by atoms with Crippen molar-refractivity contribution in [3.05, 3.63) is 33.8 Å². The van der Waals surface area contributed by atoms with Gasteiger partial charge in [-0.25, -0.2) is 0 Å². The molecular weight excluding hydrogens is 283 g/mol. The van der Waals surface area contributed by atoms with E-state index in [9.17, 15) is 4.79 Å². The van der Waals surface area contributed by atoms with Gasteiger partial charge in [-0.1, -0.05) is 29.3 Å². The molecule has 1 aliphatic carbocycles. The van der Waals surface area contributed by atoms with Crippen LogP contribution in [0.1, 0.15) is 38.3 Å². The Morgan fingerprint density at radius 1 is 1.32 bits per heavy atom. The number of carbonyl (C=O) groups is 1. The first-order valence-corrected chi connectivity index (χ1v) is 7.24. The van der Waals surface area contributed by atoms with Gasteiger partial charge in [-0.3, -0.25) is 4.79 Å². The summed E-state index contributed by atoms with van der Waals surface area (Å²) in [5.74, 6) is -0.00887. The fourth-order valence-corrected chi connectivity index (χ4v) is 2.52. The average Bonchev–Trinajstić information content (AvgIpc) is 3.12. The second kappa shape index (κ2) is 6.12. The van der Waals surface area contributed by atoms with Crippen LogP contribution in [-0.2, 0) is 4.79 Å². The normalized spacial score (nSPS) is 17.9. The molecule has 0 bridgehead atoms. The predicted molar refractivity (Wildman–Crippen MR) is 78.6 cm³/mol. The van der Waals surface area contributed by atoms with Gasteiger partial charge in [0.05, 0.1) is 12.1 Å². The van der Waals surface area contributed by atoms with Gasteiger partial charge in [-0.05, 0) is 44.4 Å². The number of carbonyl (C=O) groups excluding carboxylic acids is 1. The van der Waals surface area contributed by atoms with Crippen molar-refractivity contribution in [2.24, 2.45) is 0 Å². The first kappa shape index (κ1) is 14.6. The Morgan fingerprint density at radius 3 is 2.58 bits per heavy atom. The maximum absolute atomic E-state index is 12.0. The van der Waals surface area contributed by atoms with E-state index < -0.39 is 0 Å². The highest BCUT2D eigenvalue weighted by molar-refractivity contribution is 6.35. The smallest absolute Gasteiger partial charge is 0.237 e. The maximum atomic E-state index is 12.0. The minimum atomic E-state index is -0.180. The van der Waals surface area contributed by atoms with Crippen molar-refractivity contribution in [3.63, 3.8) is 0 Å². The van der Waals surface area contributed by atoms with E-state index >= 15 is 0 Å². The summed E-state index contributed by atoms with van der Waals surface area (Å²) in [6, 6.07) is 5.50. The van der Waals surface area contributed by atoms with Crippen LogP contribution >= 0.6 is 23.2 Å². The van der Waals surface area contributed by atoms with Crippen molar-refractivity contribution in [2.75, 3.05) is 0 Å². The Bertz CT molecular complexity index is 475. The molecule has 0 aromatic heterocycles. The van der Waals surface area contributed by atoms with Gasteiger partial charge < -0.3 is 10.6 Å². The van der Waals surface area contributed by atoms with E-state index in [1.165, 1.54) is 0 Å². The van der Waals surface area contributed by atoms with Crippen molar-refractivity contribution in [3.8, 4) is 0 Å². The molecule has 1 aromatic carbocycles. The highest BCUT2D eigenvalue weighted by Gasteiger charge is 2.26. The molecule has 3 nitrogen and oxygen atoms in total. The van der Waals surface area contributed by atoms with E-state index in [1.54, 1.807) is 12.1 Å². The molecule has 1 fully saturated rings. The van der Waals surface area contributed by atoms with Gasteiger partial charge in [-0.2, -0.15) is 0 Å². The Labute approximate surface area is 123 Å². The van der Waals surface area contributed by atoms with E-state index in [4.69, 9.17) is 23.2 Å². The Balaban J connectivity index is 1.95. The minimum Gasteiger partial charge on any atom is -0.348 e. The van der Waals surface area contributed by atoms with Crippen LogP contribution in [0.3, 0.4) is 0 Å². The third-order valence-electron chi connectivity index (χ3n) is 3.24. The molecule has 0 saturated heterocycles. The van der Waals surface area contributed by atoms with E-state index in [0.29, 0.717) is 16.1 Å². The zero-order valence-corrected chi connectivity index (χ0v) is 12.6. The zero-order chi connectivity index (χ0) is 14.0. The van der Waals surface area contributed by atoms with Crippen molar-refractivity contribution in [1.29, 1.82) is 0 Å². The van der Waals surface area contributed by atoms with Crippen molar-refractivity contribution in [2.45, 2.75) is 44.8 Å². The number of rotatable bonds is 5. The molecule has 19 heavy (non-hydrogen) atoms. The minimum absolute atomic E-state index is 0.00887. The van der Waals surface area contributed by atoms with Crippen LogP contribution < -0.4 is 10.6 Å². The largest absolute Gasteiger partial charge is 0.348 e. The van der Waals surface area contributed by atoms with E-state index in [0.717, 1.165) is 18.4 Å². The highest BCUT2D eigenvalue weighted by atomic mass is 35.5. The molecule has 1 aliphatic rings. The number of nitrogens with one attached hydrogen (secondary N) is 2. The summed E-state index contributed by atoms with van der Waals surface area (Å²) in [6.07, 6.45) is 2.33. The van der Waals surface area contributed by atoms with Gasteiger partial charge in [0, 0.05) is 16.1 Å². The zero-order valence-electron chi connectivity index (χ0n) is 11.0. The summed E-state index contributed by atoms with van der Waals surface area (Å²) in [7, 11) is 0. The molecule has 0 aliphatic heterocycles. The first-order chi connectivity index (χ1) is 8.97. The molecule has 5 heteroatoms. The van der Waals surface area contributed by atoms with Gasteiger partial charge >= 0.3 is 0 Å². The summed E-state index contributed by atoms with van der Waals surface area (Å²) in [4.78, 5) is 12.0. The van der Waals surface area contributed by atoms with Gasteiger partial charge in [0.25, 0.3) is 0 Å². The number of halogens is 2. The molecule has 1 saturated carbocycles. The van der Waals surface area contributed by atoms with Crippen LogP contribution in [0.4, 0.5) is 0 Å². The van der Waals surface area contributed by atoms with Gasteiger partial charge in [-0.15, -0.1) is 0 Å². The maximum Gasteiger partial charge on any atom is 0.237 e. The lowest BCUT2D eigenvalue weighted by molar-refractivity contribution is -0.123. The average molecular weight is 301 g/mol. The Hall–Kier alpha value is -0.770. The predicted octanol–water partition coefficient (Wildman–Crippen LogP) is 3.31. The summed E-state index contributed by atoms with van der Waals surface area (Å²) < 4.78 is 0. The molecule has 0 heterocycles. The van der Waals surface area contributed by atoms with Gasteiger partial charge in [0.2, 0.25) is 5.91 Å². The van der Waals surface area contributed by atoms with Crippen molar-refractivity contribution in [1.82, 2.24) is 10.6 Å². The van der Waals surface area contributed by atoms with Crippen LogP contribution in [0.15, 0.2) is 18.2 Å². The van der Waals surface area contributed by atoms with Crippen LogP contribution in [0.2, 0.25) is 10.0 Å². The third-order valence-corrected chi connectivity index (χ3v) is 3.81. The molecule has 2 rings (SSSR count). The standard InChI is InChI=1S/C14H18Cl2N2O/c1-8(12-6-3-10(15)7-13(12)16)18-14(19)9(2)17-11-4-5-11/h3,6-9,11,17H,4-5H2,1-2H3,(H,18,19). The molecule has 2 N–H and O–H groups in total. The number of hydrogen-bond acceptors (Lipinski definition) is 2. The van der Waals surface area contributed by atoms with Crippen LogP contribution in [0.25, 0.3) is 0 Å². The van der Waals surface area contributed by atoms with Crippen LogP contribution in [0, 0.1) is 0 Å². The monoisotopic (exact) mass is 300 g/mol. The number of benzene rings is 1. The quantitative estimate of drug-likeness (QED) is 0.876. The summed E-state index contributed by atoms with van der Waals surface area (Å²) in [5, 5.41) is 7.39.